The van der Waals surface area contributed by atoms with Crippen molar-refractivity contribution in [2.45, 2.75) is 44.2 Å². The Kier molecular flexibility index (Phi) is 6.20. The van der Waals surface area contributed by atoms with E-state index in [4.69, 9.17) is 4.74 Å². The Morgan fingerprint density at radius 3 is 2.92 bits per heavy atom. The van der Waals surface area contributed by atoms with Gasteiger partial charge in [-0.3, -0.25) is 4.79 Å². The van der Waals surface area contributed by atoms with Gasteiger partial charge in [-0.25, -0.2) is 0 Å². The number of amides is 1. The van der Waals surface area contributed by atoms with E-state index in [2.05, 4.69) is 28.8 Å². The van der Waals surface area contributed by atoms with Gasteiger partial charge in [0.05, 0.1) is 13.2 Å². The number of rotatable bonds is 4. The minimum absolute atomic E-state index is 0. The third kappa shape index (κ3) is 4.10. The second kappa shape index (κ2) is 8.39. The van der Waals surface area contributed by atoms with Crippen molar-refractivity contribution in [3.63, 3.8) is 0 Å². The Morgan fingerprint density at radius 2 is 2.16 bits per heavy atom. The normalized spacial score (nSPS) is 29.5. The highest BCUT2D eigenvalue weighted by molar-refractivity contribution is 5.95. The summed E-state index contributed by atoms with van der Waals surface area (Å²) in [6, 6.07) is 9.27. The summed E-state index contributed by atoms with van der Waals surface area (Å²) in [6.07, 6.45) is 5.37. The number of hydrogen-bond acceptors (Lipinski definition) is 4. The summed E-state index contributed by atoms with van der Waals surface area (Å²) in [5.41, 5.74) is 2.15. The van der Waals surface area contributed by atoms with Crippen LogP contribution in [0.4, 0.5) is 11.4 Å². The first-order valence-electron chi connectivity index (χ1n) is 9.29. The first-order chi connectivity index (χ1) is 11.8. The number of nitrogens with one attached hydrogen (secondary N) is 2. The molecule has 3 atom stereocenters. The lowest BCUT2D eigenvalue weighted by Crippen LogP contribution is -2.49. The van der Waals surface area contributed by atoms with Crippen LogP contribution in [-0.4, -0.2) is 44.3 Å². The minimum Gasteiger partial charge on any atom is -0.382 e. The van der Waals surface area contributed by atoms with Crippen molar-refractivity contribution in [2.75, 3.05) is 36.5 Å². The molecule has 2 aliphatic heterocycles. The molecular formula is C19H28ClN3O2. The molecule has 1 aromatic carbocycles. The van der Waals surface area contributed by atoms with E-state index in [1.54, 1.807) is 0 Å². The maximum Gasteiger partial charge on any atom is 0.227 e. The molecule has 1 amide bonds. The molecule has 4 rings (SSSR count). The zero-order valence-corrected chi connectivity index (χ0v) is 15.4. The van der Waals surface area contributed by atoms with Crippen molar-refractivity contribution < 1.29 is 9.53 Å². The summed E-state index contributed by atoms with van der Waals surface area (Å²) in [5, 5.41) is 7.35. The van der Waals surface area contributed by atoms with Gasteiger partial charge in [0, 0.05) is 43.0 Å². The fourth-order valence-electron chi connectivity index (χ4n) is 4.41. The number of ether oxygens (including phenoxy) is 1. The number of halogens is 1. The molecule has 25 heavy (non-hydrogen) atoms. The molecule has 0 aromatic heterocycles. The zero-order chi connectivity index (χ0) is 16.4. The summed E-state index contributed by atoms with van der Waals surface area (Å²) in [5.74, 6) is 0.858. The molecule has 3 unspecified atom stereocenters. The first-order valence-corrected chi connectivity index (χ1v) is 9.29. The van der Waals surface area contributed by atoms with Crippen molar-refractivity contribution >= 4 is 29.7 Å². The maximum atomic E-state index is 12.0. The number of carbonyl (C=O) groups is 1. The van der Waals surface area contributed by atoms with Gasteiger partial charge in [0.2, 0.25) is 5.91 Å². The molecule has 1 aromatic rings. The lowest BCUT2D eigenvalue weighted by atomic mass is 9.94. The van der Waals surface area contributed by atoms with E-state index in [0.29, 0.717) is 24.4 Å². The Bertz CT molecular complexity index is 592. The van der Waals surface area contributed by atoms with Gasteiger partial charge in [0.25, 0.3) is 0 Å². The van der Waals surface area contributed by atoms with E-state index in [1.807, 2.05) is 11.0 Å². The average Bonchev–Trinajstić information content (AvgIpc) is 3.25. The van der Waals surface area contributed by atoms with Crippen LogP contribution in [0.3, 0.4) is 0 Å². The molecule has 2 N–H and O–H groups in total. The summed E-state index contributed by atoms with van der Waals surface area (Å²) in [6.45, 7) is 3.45. The summed E-state index contributed by atoms with van der Waals surface area (Å²) in [7, 11) is 0. The smallest absolute Gasteiger partial charge is 0.227 e. The second-order valence-corrected chi connectivity index (χ2v) is 7.18. The van der Waals surface area contributed by atoms with Gasteiger partial charge in [-0.1, -0.05) is 12.5 Å². The highest BCUT2D eigenvalue weighted by Crippen LogP contribution is 2.33. The second-order valence-electron chi connectivity index (χ2n) is 7.18. The van der Waals surface area contributed by atoms with Crippen LogP contribution in [0.1, 0.15) is 32.1 Å². The molecule has 0 bridgehead atoms. The Balaban J connectivity index is 0.00000182. The molecule has 1 saturated carbocycles. The quantitative estimate of drug-likeness (QED) is 0.861. The maximum absolute atomic E-state index is 12.0. The molecule has 0 radical (unpaired) electrons. The van der Waals surface area contributed by atoms with E-state index in [9.17, 15) is 4.79 Å². The molecule has 2 heterocycles. The lowest BCUT2D eigenvalue weighted by molar-refractivity contribution is -0.117. The van der Waals surface area contributed by atoms with Crippen molar-refractivity contribution in [3.8, 4) is 0 Å². The van der Waals surface area contributed by atoms with Gasteiger partial charge in [-0.05, 0) is 43.4 Å². The van der Waals surface area contributed by atoms with Crippen molar-refractivity contribution in [1.29, 1.82) is 0 Å². The van der Waals surface area contributed by atoms with Crippen molar-refractivity contribution in [2.24, 2.45) is 5.92 Å². The SMILES string of the molecule is Cl.O=C1CCCN1c1cccc(NC2CCCC2C2COCCN2)c1. The Labute approximate surface area is 155 Å². The number of nitrogens with zero attached hydrogens (tertiary/aromatic N) is 1. The topological polar surface area (TPSA) is 53.6 Å². The number of hydrogen-bond donors (Lipinski definition) is 2. The Hall–Kier alpha value is -1.30. The van der Waals surface area contributed by atoms with Gasteiger partial charge in [0.1, 0.15) is 0 Å². The van der Waals surface area contributed by atoms with Gasteiger partial charge in [-0.2, -0.15) is 0 Å². The standard InChI is InChI=1S/C19H27N3O2.ClH/c23-19-8-3-10-22(19)15-5-1-4-14(12-15)21-17-7-2-6-16(17)18-13-24-11-9-20-18;/h1,4-5,12,16-18,20-21H,2-3,6-11,13H2;1H. The van der Waals surface area contributed by atoms with E-state index >= 15 is 0 Å². The average molecular weight is 366 g/mol. The van der Waals surface area contributed by atoms with Crippen LogP contribution in [0.15, 0.2) is 24.3 Å². The summed E-state index contributed by atoms with van der Waals surface area (Å²) in [4.78, 5) is 13.9. The van der Waals surface area contributed by atoms with Gasteiger partial charge in [-0.15, -0.1) is 12.4 Å². The van der Waals surface area contributed by atoms with E-state index in [0.717, 1.165) is 44.1 Å². The predicted octanol–water partition coefficient (Wildman–Crippen LogP) is 2.80. The highest BCUT2D eigenvalue weighted by atomic mass is 35.5. The third-order valence-corrected chi connectivity index (χ3v) is 5.62. The van der Waals surface area contributed by atoms with Gasteiger partial charge in [0.15, 0.2) is 0 Å². The monoisotopic (exact) mass is 365 g/mol. The molecule has 1 aliphatic carbocycles. The molecule has 138 valence electrons. The molecular weight excluding hydrogens is 338 g/mol. The number of benzene rings is 1. The van der Waals surface area contributed by atoms with Crippen LogP contribution < -0.4 is 15.5 Å². The first kappa shape index (κ1) is 18.5. The fourth-order valence-corrected chi connectivity index (χ4v) is 4.41. The molecule has 6 heteroatoms. The van der Waals surface area contributed by atoms with Crippen LogP contribution in [0, 0.1) is 5.92 Å². The number of anilines is 2. The van der Waals surface area contributed by atoms with Crippen molar-refractivity contribution in [3.05, 3.63) is 24.3 Å². The number of carbonyl (C=O) groups excluding carboxylic acids is 1. The van der Waals surface area contributed by atoms with Crippen LogP contribution in [0.2, 0.25) is 0 Å². The zero-order valence-electron chi connectivity index (χ0n) is 14.6. The summed E-state index contributed by atoms with van der Waals surface area (Å²) < 4.78 is 5.66. The molecule has 5 nitrogen and oxygen atoms in total. The molecule has 2 saturated heterocycles. The largest absolute Gasteiger partial charge is 0.382 e. The third-order valence-electron chi connectivity index (χ3n) is 5.62. The van der Waals surface area contributed by atoms with E-state index < -0.39 is 0 Å². The van der Waals surface area contributed by atoms with Crippen molar-refractivity contribution in [1.82, 2.24) is 5.32 Å². The lowest BCUT2D eigenvalue weighted by Gasteiger charge is -2.33. The van der Waals surface area contributed by atoms with E-state index in [1.165, 1.54) is 19.3 Å². The number of morpholine rings is 1. The molecule has 0 spiro atoms. The van der Waals surface area contributed by atoms with E-state index in [-0.39, 0.29) is 18.3 Å². The molecule has 3 fully saturated rings. The van der Waals surface area contributed by atoms with Crippen LogP contribution >= 0.6 is 12.4 Å². The van der Waals surface area contributed by atoms with Crippen LogP contribution in [0.5, 0.6) is 0 Å². The summed E-state index contributed by atoms with van der Waals surface area (Å²) >= 11 is 0. The van der Waals surface area contributed by atoms with Crippen LogP contribution in [-0.2, 0) is 9.53 Å². The predicted molar refractivity (Wildman–Crippen MR) is 103 cm³/mol. The van der Waals surface area contributed by atoms with Gasteiger partial charge >= 0.3 is 0 Å². The Morgan fingerprint density at radius 1 is 1.24 bits per heavy atom. The fraction of sp³-hybridized carbons (Fsp3) is 0.632. The minimum atomic E-state index is 0. The van der Waals surface area contributed by atoms with Gasteiger partial charge < -0.3 is 20.3 Å². The van der Waals surface area contributed by atoms with Crippen LogP contribution in [0.25, 0.3) is 0 Å². The molecule has 3 aliphatic rings. The highest BCUT2D eigenvalue weighted by Gasteiger charge is 2.34.